The van der Waals surface area contributed by atoms with Gasteiger partial charge in [0.1, 0.15) is 17.9 Å². The van der Waals surface area contributed by atoms with Crippen LogP contribution >= 0.6 is 0 Å². The number of likely N-dealkylation sites (tertiary alicyclic amines) is 1. The van der Waals surface area contributed by atoms with Crippen LogP contribution in [0.5, 0.6) is 0 Å². The standard InChI is InChI=1S/C25H25N7O2/c1-30(2)22(33)15-32-14-19(12-29-32)16-4-6-17(7-5-16)21-13-28-24(26)23-20(21)10-18(11-27-23)25(34)31-8-3-9-31/h4-7,10-14H,3,8-9,15H2,1-2H3,(H2,26,28). The van der Waals surface area contributed by atoms with Crippen LogP contribution in [0, 0.1) is 0 Å². The molecular weight excluding hydrogens is 430 g/mol. The van der Waals surface area contributed by atoms with Gasteiger partial charge in [-0.3, -0.25) is 19.3 Å². The number of nitrogens with zero attached hydrogens (tertiary/aromatic N) is 6. The van der Waals surface area contributed by atoms with E-state index in [9.17, 15) is 9.59 Å². The number of amides is 2. The Morgan fingerprint density at radius 3 is 2.41 bits per heavy atom. The Hall–Kier alpha value is -4.27. The van der Waals surface area contributed by atoms with Crippen LogP contribution in [0.15, 0.2) is 55.1 Å². The fraction of sp³-hybridized carbons (Fsp3) is 0.240. The van der Waals surface area contributed by atoms with Gasteiger partial charge in [-0.2, -0.15) is 5.10 Å². The Morgan fingerprint density at radius 1 is 1.00 bits per heavy atom. The number of carbonyl (C=O) groups excluding carboxylic acids is 2. The lowest BCUT2D eigenvalue weighted by molar-refractivity contribution is -0.129. The van der Waals surface area contributed by atoms with Gasteiger partial charge in [-0.25, -0.2) is 4.98 Å². The summed E-state index contributed by atoms with van der Waals surface area (Å²) in [5.41, 5.74) is 10.9. The second-order valence-corrected chi connectivity index (χ2v) is 8.62. The van der Waals surface area contributed by atoms with E-state index in [-0.39, 0.29) is 18.4 Å². The largest absolute Gasteiger partial charge is 0.382 e. The summed E-state index contributed by atoms with van der Waals surface area (Å²) in [6.45, 7) is 1.76. The summed E-state index contributed by atoms with van der Waals surface area (Å²) in [7, 11) is 3.45. The average Bonchev–Trinajstić information content (AvgIpc) is 3.26. The fourth-order valence-corrected chi connectivity index (χ4v) is 3.91. The first-order valence-corrected chi connectivity index (χ1v) is 11.1. The molecule has 1 aliphatic rings. The van der Waals surface area contributed by atoms with Gasteiger partial charge in [0.25, 0.3) is 5.91 Å². The van der Waals surface area contributed by atoms with E-state index in [1.165, 1.54) is 0 Å². The monoisotopic (exact) mass is 455 g/mol. The second-order valence-electron chi connectivity index (χ2n) is 8.62. The lowest BCUT2D eigenvalue weighted by Gasteiger charge is -2.30. The molecule has 0 unspecified atom stereocenters. The zero-order chi connectivity index (χ0) is 23.8. The molecule has 1 aromatic carbocycles. The number of rotatable bonds is 5. The Labute approximate surface area is 196 Å². The number of nitrogen functional groups attached to an aromatic ring is 1. The van der Waals surface area contributed by atoms with Crippen LogP contribution in [0.4, 0.5) is 5.82 Å². The number of carbonyl (C=O) groups is 2. The molecule has 172 valence electrons. The van der Waals surface area contributed by atoms with Gasteiger partial charge >= 0.3 is 0 Å². The minimum atomic E-state index is -0.0201. The Morgan fingerprint density at radius 2 is 1.74 bits per heavy atom. The third-order valence-electron chi connectivity index (χ3n) is 6.10. The van der Waals surface area contributed by atoms with E-state index in [0.717, 1.165) is 47.2 Å². The van der Waals surface area contributed by atoms with Crippen molar-refractivity contribution in [2.24, 2.45) is 0 Å². The lowest BCUT2D eigenvalue weighted by atomic mass is 9.99. The minimum Gasteiger partial charge on any atom is -0.382 e. The van der Waals surface area contributed by atoms with Gasteiger partial charge < -0.3 is 15.5 Å². The summed E-state index contributed by atoms with van der Waals surface area (Å²) in [4.78, 5) is 36.8. The van der Waals surface area contributed by atoms with E-state index in [1.807, 2.05) is 41.4 Å². The molecule has 0 saturated carbocycles. The van der Waals surface area contributed by atoms with Crippen molar-refractivity contribution in [2.75, 3.05) is 32.9 Å². The number of hydrogen-bond donors (Lipinski definition) is 1. The highest BCUT2D eigenvalue weighted by Gasteiger charge is 2.23. The Bertz CT molecular complexity index is 1390. The van der Waals surface area contributed by atoms with Crippen LogP contribution in [0.2, 0.25) is 0 Å². The number of pyridine rings is 2. The molecule has 2 amide bonds. The van der Waals surface area contributed by atoms with Crippen molar-refractivity contribution in [3.63, 3.8) is 0 Å². The van der Waals surface area contributed by atoms with Crippen molar-refractivity contribution >= 4 is 28.5 Å². The number of nitrogens with two attached hydrogens (primary N) is 1. The molecule has 4 heterocycles. The molecule has 1 aliphatic heterocycles. The highest BCUT2D eigenvalue weighted by atomic mass is 16.2. The normalized spacial score (nSPS) is 13.1. The molecule has 9 heteroatoms. The summed E-state index contributed by atoms with van der Waals surface area (Å²) in [5, 5.41) is 5.09. The van der Waals surface area contributed by atoms with E-state index in [2.05, 4.69) is 15.1 Å². The highest BCUT2D eigenvalue weighted by molar-refractivity contribution is 6.04. The van der Waals surface area contributed by atoms with Crippen molar-refractivity contribution in [3.8, 4) is 22.3 Å². The number of hydrogen-bond acceptors (Lipinski definition) is 6. The van der Waals surface area contributed by atoms with E-state index in [1.54, 1.807) is 42.3 Å². The maximum absolute atomic E-state index is 12.7. The molecule has 5 rings (SSSR count). The Kier molecular flexibility index (Phi) is 5.45. The van der Waals surface area contributed by atoms with Crippen molar-refractivity contribution in [1.29, 1.82) is 0 Å². The molecule has 2 N–H and O–H groups in total. The van der Waals surface area contributed by atoms with E-state index < -0.39 is 0 Å². The highest BCUT2D eigenvalue weighted by Crippen LogP contribution is 2.32. The van der Waals surface area contributed by atoms with Crippen LogP contribution in [0.25, 0.3) is 33.2 Å². The molecule has 1 saturated heterocycles. The molecule has 34 heavy (non-hydrogen) atoms. The SMILES string of the molecule is CN(C)C(=O)Cn1cc(-c2ccc(-c3cnc(N)c4ncc(C(=O)N5CCC5)cc34)cc2)cn1. The zero-order valence-corrected chi connectivity index (χ0v) is 19.1. The summed E-state index contributed by atoms with van der Waals surface area (Å²) < 4.78 is 1.63. The zero-order valence-electron chi connectivity index (χ0n) is 19.1. The fourth-order valence-electron chi connectivity index (χ4n) is 3.91. The van der Waals surface area contributed by atoms with Gasteiger partial charge in [0, 0.05) is 62.3 Å². The van der Waals surface area contributed by atoms with E-state index in [4.69, 9.17) is 5.73 Å². The number of likely N-dealkylation sites (N-methyl/N-ethyl adjacent to an activating group) is 1. The van der Waals surface area contributed by atoms with Gasteiger partial charge in [0.15, 0.2) is 0 Å². The molecular formula is C25H25N7O2. The average molecular weight is 456 g/mol. The molecule has 1 fully saturated rings. The quantitative estimate of drug-likeness (QED) is 0.495. The van der Waals surface area contributed by atoms with E-state index in [0.29, 0.717) is 16.9 Å². The second kappa shape index (κ2) is 8.58. The molecule has 0 bridgehead atoms. The van der Waals surface area contributed by atoms with Gasteiger partial charge in [0.05, 0.1) is 11.8 Å². The summed E-state index contributed by atoms with van der Waals surface area (Å²) in [6.07, 6.45) is 7.93. The lowest BCUT2D eigenvalue weighted by Crippen LogP contribution is -2.42. The third kappa shape index (κ3) is 3.96. The third-order valence-corrected chi connectivity index (χ3v) is 6.10. The minimum absolute atomic E-state index is 0.0120. The summed E-state index contributed by atoms with van der Waals surface area (Å²) in [5.74, 6) is 0.299. The number of benzene rings is 1. The van der Waals surface area contributed by atoms with Gasteiger partial charge in [-0.05, 0) is 23.6 Å². The smallest absolute Gasteiger partial charge is 0.255 e. The molecule has 4 aromatic rings. The maximum atomic E-state index is 12.7. The first-order chi connectivity index (χ1) is 16.4. The number of aromatic nitrogens is 4. The van der Waals surface area contributed by atoms with Crippen molar-refractivity contribution in [2.45, 2.75) is 13.0 Å². The number of anilines is 1. The Balaban J connectivity index is 1.46. The molecule has 0 atom stereocenters. The van der Waals surface area contributed by atoms with Gasteiger partial charge in [0.2, 0.25) is 5.91 Å². The maximum Gasteiger partial charge on any atom is 0.255 e. The first-order valence-electron chi connectivity index (χ1n) is 11.1. The van der Waals surface area contributed by atoms with Crippen LogP contribution in [-0.4, -0.2) is 68.5 Å². The summed E-state index contributed by atoms with van der Waals surface area (Å²) in [6, 6.07) is 9.84. The first kappa shape index (κ1) is 21.6. The molecule has 0 aliphatic carbocycles. The van der Waals surface area contributed by atoms with Crippen molar-refractivity contribution in [3.05, 3.63) is 60.7 Å². The predicted molar refractivity (Wildman–Crippen MR) is 130 cm³/mol. The number of fused-ring (bicyclic) bond motifs is 1. The van der Waals surface area contributed by atoms with Crippen LogP contribution in [0.3, 0.4) is 0 Å². The van der Waals surface area contributed by atoms with Gasteiger partial charge in [-0.1, -0.05) is 24.3 Å². The topological polar surface area (TPSA) is 110 Å². The predicted octanol–water partition coefficient (Wildman–Crippen LogP) is 2.68. The molecule has 3 aromatic heterocycles. The molecule has 9 nitrogen and oxygen atoms in total. The van der Waals surface area contributed by atoms with Crippen molar-refractivity contribution < 1.29 is 9.59 Å². The van der Waals surface area contributed by atoms with Gasteiger partial charge in [-0.15, -0.1) is 0 Å². The van der Waals surface area contributed by atoms with Crippen molar-refractivity contribution in [1.82, 2.24) is 29.5 Å². The summed E-state index contributed by atoms with van der Waals surface area (Å²) >= 11 is 0. The van der Waals surface area contributed by atoms with Crippen LogP contribution < -0.4 is 5.73 Å². The van der Waals surface area contributed by atoms with E-state index >= 15 is 0 Å². The molecule has 0 radical (unpaired) electrons. The molecule has 0 spiro atoms. The van der Waals surface area contributed by atoms with Crippen LogP contribution in [0.1, 0.15) is 16.8 Å². The van der Waals surface area contributed by atoms with Crippen LogP contribution in [-0.2, 0) is 11.3 Å².